The second-order valence-electron chi connectivity index (χ2n) is 6.14. The van der Waals surface area contributed by atoms with Gasteiger partial charge >= 0.3 is 23.9 Å². The molecule has 0 saturated carbocycles. The van der Waals surface area contributed by atoms with E-state index in [1.54, 1.807) is 0 Å². The molecule has 0 aromatic carbocycles. The molecule has 0 aliphatic carbocycles. The number of Topliss-reactive ketones (excluding diaryl/α,β-unsaturated/α-hetero) is 1. The first-order valence-electron chi connectivity index (χ1n) is 8.31. The van der Waals surface area contributed by atoms with E-state index in [9.17, 15) is 24.0 Å². The summed E-state index contributed by atoms with van der Waals surface area (Å²) in [7, 11) is 0. The highest BCUT2D eigenvalue weighted by molar-refractivity contribution is 5.76. The van der Waals surface area contributed by atoms with E-state index in [4.69, 9.17) is 23.7 Å². The van der Waals surface area contributed by atoms with Crippen LogP contribution in [0, 0.1) is 0 Å². The van der Waals surface area contributed by atoms with Gasteiger partial charge in [0.15, 0.2) is 18.3 Å². The molecule has 10 nitrogen and oxygen atoms in total. The smallest absolute Gasteiger partial charge is 0.303 e. The highest BCUT2D eigenvalue weighted by atomic mass is 16.7. The molecule has 1 rings (SSSR count). The molecule has 0 bridgehead atoms. The van der Waals surface area contributed by atoms with E-state index in [2.05, 4.69) is 0 Å². The molecular weight excluding hydrogens is 364 g/mol. The molecule has 3 unspecified atom stereocenters. The monoisotopic (exact) mass is 388 g/mol. The molecule has 1 aliphatic heterocycles. The Morgan fingerprint density at radius 3 is 1.52 bits per heavy atom. The average molecular weight is 388 g/mol. The van der Waals surface area contributed by atoms with Crippen LogP contribution in [-0.4, -0.2) is 66.8 Å². The first kappa shape index (κ1) is 22.6. The Hall–Kier alpha value is -2.49. The predicted molar refractivity (Wildman–Crippen MR) is 87.3 cm³/mol. The lowest BCUT2D eigenvalue weighted by atomic mass is 9.92. The van der Waals surface area contributed by atoms with Crippen molar-refractivity contribution in [1.29, 1.82) is 0 Å². The normalized spacial score (nSPS) is 27.2. The molecule has 0 aromatic heterocycles. The Balaban J connectivity index is 3.29. The lowest BCUT2D eigenvalue weighted by Gasteiger charge is -2.44. The Morgan fingerprint density at radius 1 is 0.667 bits per heavy atom. The van der Waals surface area contributed by atoms with Crippen LogP contribution in [0.15, 0.2) is 0 Å². The zero-order valence-corrected chi connectivity index (χ0v) is 15.9. The molecule has 1 heterocycles. The minimum atomic E-state index is -1.24. The fourth-order valence-corrected chi connectivity index (χ4v) is 2.77. The van der Waals surface area contributed by atoms with Gasteiger partial charge in [-0.1, -0.05) is 0 Å². The molecule has 0 spiro atoms. The third kappa shape index (κ3) is 7.33. The minimum absolute atomic E-state index is 0.154. The fourth-order valence-electron chi connectivity index (χ4n) is 2.77. The highest BCUT2D eigenvalue weighted by Gasteiger charge is 2.52. The summed E-state index contributed by atoms with van der Waals surface area (Å²) in [5.74, 6) is -3.00. The second kappa shape index (κ2) is 10.0. The molecule has 0 aromatic rings. The number of ketones is 1. The van der Waals surface area contributed by atoms with Crippen LogP contribution in [0.2, 0.25) is 0 Å². The molecule has 1 saturated heterocycles. The van der Waals surface area contributed by atoms with Gasteiger partial charge < -0.3 is 23.7 Å². The number of esters is 4. The molecule has 0 N–H and O–H groups in total. The van der Waals surface area contributed by atoms with Gasteiger partial charge in [-0.25, -0.2) is 0 Å². The van der Waals surface area contributed by atoms with Crippen molar-refractivity contribution in [2.45, 2.75) is 71.6 Å². The zero-order chi connectivity index (χ0) is 20.7. The van der Waals surface area contributed by atoms with Crippen molar-refractivity contribution in [1.82, 2.24) is 0 Å². The standard InChI is InChI=1S/C17H24O10/c1-8(18)6-13-15(24-10(3)20)17(26-12(5)22)16(25-11(4)21)14(27-13)7-23-9(2)19/h13-17H,6-7H2,1-5H3/t13-,14?,15?,16+,17?/m0/s1. The Kier molecular flexibility index (Phi) is 8.35. The molecular formula is C17H24O10. The third-order valence-corrected chi connectivity index (χ3v) is 3.58. The number of ether oxygens (including phenoxy) is 5. The van der Waals surface area contributed by atoms with Crippen LogP contribution in [-0.2, 0) is 47.7 Å². The van der Waals surface area contributed by atoms with Crippen LogP contribution >= 0.6 is 0 Å². The number of hydrogen-bond donors (Lipinski definition) is 0. The van der Waals surface area contributed by atoms with Gasteiger partial charge in [0.05, 0.1) is 0 Å². The average Bonchev–Trinajstić information content (AvgIpc) is 2.49. The van der Waals surface area contributed by atoms with E-state index in [1.165, 1.54) is 13.8 Å². The molecule has 0 radical (unpaired) electrons. The van der Waals surface area contributed by atoms with Crippen LogP contribution in [0.25, 0.3) is 0 Å². The maximum atomic E-state index is 11.6. The maximum absolute atomic E-state index is 11.6. The number of carbonyl (C=O) groups excluding carboxylic acids is 5. The summed E-state index contributed by atoms with van der Waals surface area (Å²) in [6.07, 6.45) is -5.80. The van der Waals surface area contributed by atoms with Crippen LogP contribution < -0.4 is 0 Å². The van der Waals surface area contributed by atoms with Crippen LogP contribution in [0.3, 0.4) is 0 Å². The van der Waals surface area contributed by atoms with Gasteiger partial charge in [0.25, 0.3) is 0 Å². The van der Waals surface area contributed by atoms with Crippen molar-refractivity contribution < 1.29 is 47.7 Å². The van der Waals surface area contributed by atoms with Crippen molar-refractivity contribution in [3.8, 4) is 0 Å². The van der Waals surface area contributed by atoms with Crippen LogP contribution in [0.5, 0.6) is 0 Å². The van der Waals surface area contributed by atoms with Crippen molar-refractivity contribution >= 4 is 29.7 Å². The zero-order valence-electron chi connectivity index (χ0n) is 15.9. The Labute approximate surface area is 156 Å². The molecule has 152 valence electrons. The summed E-state index contributed by atoms with van der Waals surface area (Å²) in [6, 6.07) is 0. The topological polar surface area (TPSA) is 132 Å². The number of hydrogen-bond acceptors (Lipinski definition) is 10. The summed E-state index contributed by atoms with van der Waals surface area (Å²) in [4.78, 5) is 57.4. The Bertz CT molecular complexity index is 599. The summed E-state index contributed by atoms with van der Waals surface area (Å²) >= 11 is 0. The summed E-state index contributed by atoms with van der Waals surface area (Å²) in [5, 5.41) is 0. The quantitative estimate of drug-likeness (QED) is 0.436. The molecule has 1 aliphatic rings. The maximum Gasteiger partial charge on any atom is 0.303 e. The first-order valence-corrected chi connectivity index (χ1v) is 8.31. The van der Waals surface area contributed by atoms with E-state index in [0.717, 1.165) is 20.8 Å². The minimum Gasteiger partial charge on any atom is -0.463 e. The van der Waals surface area contributed by atoms with Gasteiger partial charge in [0.2, 0.25) is 0 Å². The van der Waals surface area contributed by atoms with Gasteiger partial charge in [-0.15, -0.1) is 0 Å². The second-order valence-corrected chi connectivity index (χ2v) is 6.14. The molecule has 1 fully saturated rings. The third-order valence-electron chi connectivity index (χ3n) is 3.58. The number of rotatable bonds is 7. The van der Waals surface area contributed by atoms with Gasteiger partial charge in [0.1, 0.15) is 24.6 Å². The van der Waals surface area contributed by atoms with Gasteiger partial charge in [-0.2, -0.15) is 0 Å². The van der Waals surface area contributed by atoms with E-state index in [1.807, 2.05) is 0 Å². The highest BCUT2D eigenvalue weighted by Crippen LogP contribution is 2.30. The molecule has 5 atom stereocenters. The van der Waals surface area contributed by atoms with Crippen molar-refractivity contribution in [2.24, 2.45) is 0 Å². The van der Waals surface area contributed by atoms with Gasteiger partial charge in [-0.05, 0) is 6.92 Å². The molecule has 0 amide bonds. The summed E-state index contributed by atoms with van der Waals surface area (Å²) < 4.78 is 26.3. The van der Waals surface area contributed by atoms with Crippen molar-refractivity contribution in [2.75, 3.05) is 6.61 Å². The van der Waals surface area contributed by atoms with E-state index < -0.39 is 54.4 Å². The lowest BCUT2D eigenvalue weighted by molar-refractivity contribution is -0.252. The predicted octanol–water partition coefficient (Wildman–Crippen LogP) is 0.0911. The Morgan fingerprint density at radius 2 is 1.11 bits per heavy atom. The van der Waals surface area contributed by atoms with E-state index in [-0.39, 0.29) is 18.8 Å². The van der Waals surface area contributed by atoms with Gasteiger partial charge in [-0.3, -0.25) is 24.0 Å². The van der Waals surface area contributed by atoms with Crippen molar-refractivity contribution in [3.05, 3.63) is 0 Å². The van der Waals surface area contributed by atoms with Crippen LogP contribution in [0.4, 0.5) is 0 Å². The van der Waals surface area contributed by atoms with E-state index >= 15 is 0 Å². The molecule has 27 heavy (non-hydrogen) atoms. The number of carbonyl (C=O) groups is 5. The van der Waals surface area contributed by atoms with Gasteiger partial charge in [0, 0.05) is 34.1 Å². The SMILES string of the molecule is CC(=O)C[C@@H]1OC(COC(C)=O)[C@@H](OC(C)=O)C(OC(C)=O)C1OC(C)=O. The molecule has 10 heteroatoms. The van der Waals surface area contributed by atoms with E-state index in [0.29, 0.717) is 0 Å². The van der Waals surface area contributed by atoms with Crippen molar-refractivity contribution in [3.63, 3.8) is 0 Å². The van der Waals surface area contributed by atoms with Crippen LogP contribution in [0.1, 0.15) is 41.0 Å². The largest absolute Gasteiger partial charge is 0.463 e. The first-order chi connectivity index (χ1) is 12.5. The lowest BCUT2D eigenvalue weighted by Crippen LogP contribution is -2.62. The summed E-state index contributed by atoms with van der Waals surface area (Å²) in [6.45, 7) is 5.59. The summed E-state index contributed by atoms with van der Waals surface area (Å²) in [5.41, 5.74) is 0. The fraction of sp³-hybridized carbons (Fsp3) is 0.706.